The van der Waals surface area contributed by atoms with Crippen LogP contribution in [0, 0.1) is 0 Å². The molecule has 6 nitrogen and oxygen atoms in total. The van der Waals surface area contributed by atoms with Gasteiger partial charge in [-0.05, 0) is 12.1 Å². The number of nitrogens with zero attached hydrogens (tertiary/aromatic N) is 3. The zero-order valence-electron chi connectivity index (χ0n) is 9.84. The highest BCUT2D eigenvalue weighted by Crippen LogP contribution is 2.22. The molecule has 1 atom stereocenters. The Morgan fingerprint density at radius 1 is 1.56 bits per heavy atom. The highest BCUT2D eigenvalue weighted by Gasteiger charge is 2.14. The van der Waals surface area contributed by atoms with E-state index in [1.165, 1.54) is 0 Å². The molecule has 2 N–H and O–H groups in total. The summed E-state index contributed by atoms with van der Waals surface area (Å²) >= 11 is 5.99. The molecule has 18 heavy (non-hydrogen) atoms. The molecule has 0 fully saturated rings. The van der Waals surface area contributed by atoms with E-state index in [4.69, 9.17) is 26.6 Å². The van der Waals surface area contributed by atoms with E-state index in [2.05, 4.69) is 15.1 Å². The molecule has 0 saturated carbocycles. The van der Waals surface area contributed by atoms with Crippen molar-refractivity contribution in [3.63, 3.8) is 0 Å². The molecule has 0 saturated heterocycles. The third kappa shape index (κ3) is 3.04. The summed E-state index contributed by atoms with van der Waals surface area (Å²) in [4.78, 5) is 8.31. The van der Waals surface area contributed by atoms with Crippen molar-refractivity contribution in [3.05, 3.63) is 29.2 Å². The van der Waals surface area contributed by atoms with Crippen molar-refractivity contribution in [1.82, 2.24) is 15.1 Å². The predicted molar refractivity (Wildman–Crippen MR) is 66.1 cm³/mol. The largest absolute Gasteiger partial charge is 0.383 e. The Kier molecular flexibility index (Phi) is 4.24. The molecule has 0 spiro atoms. The van der Waals surface area contributed by atoms with Gasteiger partial charge in [0, 0.05) is 25.8 Å². The highest BCUT2D eigenvalue weighted by molar-refractivity contribution is 6.32. The van der Waals surface area contributed by atoms with Crippen LogP contribution in [0.1, 0.15) is 5.89 Å². The van der Waals surface area contributed by atoms with Gasteiger partial charge in [0.25, 0.3) is 0 Å². The molecule has 2 rings (SSSR count). The molecule has 0 aromatic carbocycles. The molecule has 7 heteroatoms. The van der Waals surface area contributed by atoms with E-state index in [0.717, 1.165) is 0 Å². The van der Waals surface area contributed by atoms with Crippen LogP contribution in [0.15, 0.2) is 22.9 Å². The van der Waals surface area contributed by atoms with Gasteiger partial charge in [0.1, 0.15) is 5.69 Å². The van der Waals surface area contributed by atoms with Crippen LogP contribution in [0.3, 0.4) is 0 Å². The minimum Gasteiger partial charge on any atom is -0.383 e. The Labute approximate surface area is 109 Å². The zero-order valence-corrected chi connectivity index (χ0v) is 10.6. The zero-order chi connectivity index (χ0) is 13.0. The third-order valence-electron chi connectivity index (χ3n) is 2.26. The smallest absolute Gasteiger partial charge is 0.228 e. The molecule has 0 radical (unpaired) electrons. The van der Waals surface area contributed by atoms with Gasteiger partial charge in [0.15, 0.2) is 0 Å². The lowest BCUT2D eigenvalue weighted by Crippen LogP contribution is -2.28. The van der Waals surface area contributed by atoms with Crippen LogP contribution in [0.5, 0.6) is 0 Å². The fraction of sp³-hybridized carbons (Fsp3) is 0.364. The van der Waals surface area contributed by atoms with Gasteiger partial charge in [-0.25, -0.2) is 0 Å². The first-order chi connectivity index (χ1) is 8.70. The molecule has 96 valence electrons. The maximum absolute atomic E-state index is 5.99. The molecule has 2 heterocycles. The number of methoxy groups -OCH3 is 1. The summed E-state index contributed by atoms with van der Waals surface area (Å²) in [7, 11) is 1.59. The number of ether oxygens (including phenoxy) is 1. The predicted octanol–water partition coefficient (Wildman–Crippen LogP) is 1.30. The molecular weight excluding hydrogens is 256 g/mol. The quantitative estimate of drug-likeness (QED) is 0.879. The number of rotatable bonds is 5. The van der Waals surface area contributed by atoms with Gasteiger partial charge >= 0.3 is 0 Å². The Morgan fingerprint density at radius 3 is 3.11 bits per heavy atom. The van der Waals surface area contributed by atoms with E-state index in [0.29, 0.717) is 35.5 Å². The van der Waals surface area contributed by atoms with Crippen molar-refractivity contribution in [2.45, 2.75) is 12.5 Å². The lowest BCUT2D eigenvalue weighted by Gasteiger charge is -2.05. The molecule has 2 aromatic heterocycles. The van der Waals surface area contributed by atoms with E-state index < -0.39 is 0 Å². The average molecular weight is 269 g/mol. The summed E-state index contributed by atoms with van der Waals surface area (Å²) in [5.41, 5.74) is 6.29. The Bertz CT molecular complexity index is 517. The van der Waals surface area contributed by atoms with Crippen LogP contribution in [0.4, 0.5) is 0 Å². The fourth-order valence-corrected chi connectivity index (χ4v) is 1.69. The first-order valence-electron chi connectivity index (χ1n) is 5.38. The van der Waals surface area contributed by atoms with Crippen molar-refractivity contribution in [1.29, 1.82) is 0 Å². The monoisotopic (exact) mass is 268 g/mol. The first kappa shape index (κ1) is 12.9. The number of pyridine rings is 1. The molecule has 1 unspecified atom stereocenters. The second kappa shape index (κ2) is 5.90. The number of nitrogens with two attached hydrogens (primary N) is 1. The molecule has 2 aromatic rings. The van der Waals surface area contributed by atoms with Gasteiger partial charge in [0.05, 0.1) is 11.6 Å². The van der Waals surface area contributed by atoms with Crippen LogP contribution >= 0.6 is 11.6 Å². The number of hydrogen-bond acceptors (Lipinski definition) is 6. The van der Waals surface area contributed by atoms with Gasteiger partial charge in [-0.15, -0.1) is 0 Å². The summed E-state index contributed by atoms with van der Waals surface area (Å²) < 4.78 is 10.0. The van der Waals surface area contributed by atoms with Crippen molar-refractivity contribution >= 4 is 11.6 Å². The van der Waals surface area contributed by atoms with E-state index >= 15 is 0 Å². The van der Waals surface area contributed by atoms with Gasteiger partial charge < -0.3 is 15.0 Å². The van der Waals surface area contributed by atoms with Gasteiger partial charge in [-0.2, -0.15) is 4.98 Å². The standard InChI is InChI=1S/C11H13ClN4O2/c1-17-6-7(13)5-9-15-11(16-18-9)10-8(12)3-2-4-14-10/h2-4,7H,5-6,13H2,1H3. The fourth-order valence-electron chi connectivity index (χ4n) is 1.48. The van der Waals surface area contributed by atoms with E-state index in [9.17, 15) is 0 Å². The number of halogens is 1. The molecule has 0 bridgehead atoms. The molecule has 0 aliphatic rings. The van der Waals surface area contributed by atoms with E-state index in [1.54, 1.807) is 25.4 Å². The second-order valence-corrected chi connectivity index (χ2v) is 4.17. The number of hydrogen-bond donors (Lipinski definition) is 1. The normalized spacial score (nSPS) is 12.6. The van der Waals surface area contributed by atoms with E-state index in [1.807, 2.05) is 0 Å². The van der Waals surface area contributed by atoms with Gasteiger partial charge in [0.2, 0.25) is 11.7 Å². The van der Waals surface area contributed by atoms with Crippen LogP contribution in [-0.4, -0.2) is 34.9 Å². The van der Waals surface area contributed by atoms with Crippen LogP contribution < -0.4 is 5.73 Å². The minimum absolute atomic E-state index is 0.178. The van der Waals surface area contributed by atoms with Gasteiger partial charge in [-0.3, -0.25) is 4.98 Å². The van der Waals surface area contributed by atoms with Crippen molar-refractivity contribution in [2.75, 3.05) is 13.7 Å². The number of aromatic nitrogens is 3. The topological polar surface area (TPSA) is 87.1 Å². The summed E-state index contributed by atoms with van der Waals surface area (Å²) in [6, 6.07) is 3.28. The van der Waals surface area contributed by atoms with Crippen LogP contribution in [-0.2, 0) is 11.2 Å². The summed E-state index contributed by atoms with van der Waals surface area (Å²) in [6.45, 7) is 0.433. The maximum atomic E-state index is 5.99. The molecule has 0 aliphatic carbocycles. The highest BCUT2D eigenvalue weighted by atomic mass is 35.5. The SMILES string of the molecule is COCC(N)Cc1nc(-c2ncccc2Cl)no1. The van der Waals surface area contributed by atoms with Crippen molar-refractivity contribution < 1.29 is 9.26 Å². The third-order valence-corrected chi connectivity index (χ3v) is 2.56. The Morgan fingerprint density at radius 2 is 2.39 bits per heavy atom. The summed E-state index contributed by atoms with van der Waals surface area (Å²) in [5, 5.41) is 4.31. The second-order valence-electron chi connectivity index (χ2n) is 3.77. The lowest BCUT2D eigenvalue weighted by atomic mass is 10.2. The Hall–Kier alpha value is -1.50. The van der Waals surface area contributed by atoms with Gasteiger partial charge in [-0.1, -0.05) is 16.8 Å². The average Bonchev–Trinajstić information content (AvgIpc) is 2.78. The Balaban J connectivity index is 2.13. The molecular formula is C11H13ClN4O2. The van der Waals surface area contributed by atoms with E-state index in [-0.39, 0.29) is 6.04 Å². The summed E-state index contributed by atoms with van der Waals surface area (Å²) in [5.74, 6) is 0.802. The van der Waals surface area contributed by atoms with Crippen LogP contribution in [0.25, 0.3) is 11.5 Å². The first-order valence-corrected chi connectivity index (χ1v) is 5.76. The van der Waals surface area contributed by atoms with Crippen molar-refractivity contribution in [2.24, 2.45) is 5.73 Å². The molecule has 0 amide bonds. The van der Waals surface area contributed by atoms with Crippen LogP contribution in [0.2, 0.25) is 5.02 Å². The molecule has 0 aliphatic heterocycles. The minimum atomic E-state index is -0.178. The van der Waals surface area contributed by atoms with Crippen molar-refractivity contribution in [3.8, 4) is 11.5 Å². The lowest BCUT2D eigenvalue weighted by molar-refractivity contribution is 0.176. The maximum Gasteiger partial charge on any atom is 0.228 e. The summed E-state index contributed by atoms with van der Waals surface area (Å²) in [6.07, 6.45) is 2.07.